The summed E-state index contributed by atoms with van der Waals surface area (Å²) in [6.45, 7) is 4.32. The molecule has 3 rings (SSSR count). The second-order valence-electron chi connectivity index (χ2n) is 5.26. The molecule has 3 aromatic rings. The van der Waals surface area contributed by atoms with Gasteiger partial charge in [0.25, 0.3) is 5.95 Å². The van der Waals surface area contributed by atoms with E-state index in [1.54, 1.807) is 29.2 Å². The number of hydrogen-bond donors (Lipinski definition) is 0. The molecule has 0 atom stereocenters. The van der Waals surface area contributed by atoms with Gasteiger partial charge in [-0.3, -0.25) is 0 Å². The molecular weight excluding hydrogens is 274 g/mol. The highest BCUT2D eigenvalue weighted by Crippen LogP contribution is 2.24. The molecule has 0 bridgehead atoms. The Morgan fingerprint density at radius 3 is 2.36 bits per heavy atom. The van der Waals surface area contributed by atoms with Crippen molar-refractivity contribution in [3.05, 3.63) is 60.0 Å². The van der Waals surface area contributed by atoms with E-state index >= 15 is 0 Å². The van der Waals surface area contributed by atoms with Gasteiger partial charge in [-0.05, 0) is 17.5 Å². The van der Waals surface area contributed by atoms with Crippen molar-refractivity contribution in [3.63, 3.8) is 0 Å². The highest BCUT2D eigenvalue weighted by atomic mass is 15.4. The minimum atomic E-state index is 0.343. The Hall–Kier alpha value is -3.00. The van der Waals surface area contributed by atoms with Crippen LogP contribution in [0, 0.1) is 11.3 Å². The zero-order chi connectivity index (χ0) is 15.5. The topological polar surface area (TPSA) is 67.4 Å². The standard InChI is InChI=1S/C17H15N5/c1-12(2)13-4-6-14(7-5-13)16-10-15(11-18)21-22(16)17-19-8-3-9-20-17/h3-10,12H,1-2H3. The average Bonchev–Trinajstić information content (AvgIpc) is 3.00. The summed E-state index contributed by atoms with van der Waals surface area (Å²) < 4.78 is 1.60. The predicted molar refractivity (Wildman–Crippen MR) is 83.4 cm³/mol. The maximum atomic E-state index is 9.12. The summed E-state index contributed by atoms with van der Waals surface area (Å²) in [7, 11) is 0. The molecule has 0 unspecified atom stereocenters. The van der Waals surface area contributed by atoms with E-state index in [1.165, 1.54) is 5.56 Å². The molecule has 0 amide bonds. The van der Waals surface area contributed by atoms with Crippen LogP contribution in [0.15, 0.2) is 48.8 Å². The summed E-state index contributed by atoms with van der Waals surface area (Å²) in [5.74, 6) is 0.929. The minimum Gasteiger partial charge on any atom is -0.220 e. The van der Waals surface area contributed by atoms with Crippen molar-refractivity contribution in [3.8, 4) is 23.3 Å². The van der Waals surface area contributed by atoms with Gasteiger partial charge in [-0.25, -0.2) is 9.97 Å². The van der Waals surface area contributed by atoms with Crippen LogP contribution < -0.4 is 0 Å². The van der Waals surface area contributed by atoms with E-state index in [0.29, 0.717) is 17.6 Å². The fourth-order valence-electron chi connectivity index (χ4n) is 2.23. The summed E-state index contributed by atoms with van der Waals surface area (Å²) >= 11 is 0. The van der Waals surface area contributed by atoms with E-state index in [4.69, 9.17) is 5.26 Å². The second kappa shape index (κ2) is 5.78. The Morgan fingerprint density at radius 2 is 1.77 bits per heavy atom. The van der Waals surface area contributed by atoms with Crippen LogP contribution in [0.4, 0.5) is 0 Å². The van der Waals surface area contributed by atoms with Crippen molar-refractivity contribution in [2.24, 2.45) is 0 Å². The van der Waals surface area contributed by atoms with Gasteiger partial charge in [-0.2, -0.15) is 15.0 Å². The summed E-state index contributed by atoms with van der Waals surface area (Å²) in [5, 5.41) is 13.4. The molecule has 0 spiro atoms. The maximum absolute atomic E-state index is 9.12. The number of hydrogen-bond acceptors (Lipinski definition) is 4. The van der Waals surface area contributed by atoms with E-state index in [1.807, 2.05) is 12.1 Å². The van der Waals surface area contributed by atoms with Crippen LogP contribution in [0.25, 0.3) is 17.2 Å². The fourth-order valence-corrected chi connectivity index (χ4v) is 2.23. The third-order valence-corrected chi connectivity index (χ3v) is 3.44. The molecule has 0 aliphatic rings. The largest absolute Gasteiger partial charge is 0.251 e. The monoisotopic (exact) mass is 289 g/mol. The van der Waals surface area contributed by atoms with E-state index in [-0.39, 0.29) is 0 Å². The molecule has 0 N–H and O–H groups in total. The molecule has 0 saturated heterocycles. The lowest BCUT2D eigenvalue weighted by Gasteiger charge is -2.08. The molecular formula is C17H15N5. The van der Waals surface area contributed by atoms with Gasteiger partial charge in [0.2, 0.25) is 0 Å². The van der Waals surface area contributed by atoms with Crippen LogP contribution >= 0.6 is 0 Å². The number of nitrogens with zero attached hydrogens (tertiary/aromatic N) is 5. The molecule has 0 aliphatic heterocycles. The minimum absolute atomic E-state index is 0.343. The van der Waals surface area contributed by atoms with Crippen LogP contribution in [-0.4, -0.2) is 19.7 Å². The highest BCUT2D eigenvalue weighted by molar-refractivity contribution is 5.63. The number of aromatic nitrogens is 4. The zero-order valence-electron chi connectivity index (χ0n) is 12.4. The van der Waals surface area contributed by atoms with Crippen LogP contribution in [0.2, 0.25) is 0 Å². The van der Waals surface area contributed by atoms with Crippen molar-refractivity contribution >= 4 is 0 Å². The maximum Gasteiger partial charge on any atom is 0.251 e. The number of benzene rings is 1. The van der Waals surface area contributed by atoms with Gasteiger partial charge in [0.05, 0.1) is 5.69 Å². The first-order chi connectivity index (χ1) is 10.7. The first-order valence-corrected chi connectivity index (χ1v) is 7.07. The SMILES string of the molecule is CC(C)c1ccc(-c2cc(C#N)nn2-c2ncccn2)cc1. The van der Waals surface area contributed by atoms with Crippen molar-refractivity contribution in [2.75, 3.05) is 0 Å². The zero-order valence-corrected chi connectivity index (χ0v) is 12.4. The molecule has 2 heterocycles. The molecule has 22 heavy (non-hydrogen) atoms. The molecule has 108 valence electrons. The van der Waals surface area contributed by atoms with Gasteiger partial charge < -0.3 is 0 Å². The van der Waals surface area contributed by atoms with Crippen LogP contribution in [0.5, 0.6) is 0 Å². The predicted octanol–water partition coefficient (Wildman–Crippen LogP) is 3.32. The van der Waals surface area contributed by atoms with E-state index in [2.05, 4.69) is 47.1 Å². The average molecular weight is 289 g/mol. The molecule has 1 aromatic carbocycles. The lowest BCUT2D eigenvalue weighted by Crippen LogP contribution is -2.04. The highest BCUT2D eigenvalue weighted by Gasteiger charge is 2.13. The molecule has 0 fully saturated rings. The van der Waals surface area contributed by atoms with Crippen molar-refractivity contribution in [1.29, 1.82) is 5.26 Å². The number of rotatable bonds is 3. The van der Waals surface area contributed by atoms with Gasteiger partial charge in [0.15, 0.2) is 5.69 Å². The van der Waals surface area contributed by atoms with Gasteiger partial charge in [0, 0.05) is 24.0 Å². The Labute approximate surface area is 128 Å². The van der Waals surface area contributed by atoms with Crippen molar-refractivity contribution < 1.29 is 0 Å². The lowest BCUT2D eigenvalue weighted by molar-refractivity contribution is 0.809. The van der Waals surface area contributed by atoms with Gasteiger partial charge in [0.1, 0.15) is 6.07 Å². The van der Waals surface area contributed by atoms with Gasteiger partial charge >= 0.3 is 0 Å². The molecule has 0 saturated carbocycles. The Bertz CT molecular complexity index is 811. The fraction of sp³-hybridized carbons (Fsp3) is 0.176. The first-order valence-electron chi connectivity index (χ1n) is 7.07. The van der Waals surface area contributed by atoms with E-state index < -0.39 is 0 Å². The van der Waals surface area contributed by atoms with Crippen molar-refractivity contribution in [2.45, 2.75) is 19.8 Å². The number of nitriles is 1. The second-order valence-corrected chi connectivity index (χ2v) is 5.26. The molecule has 2 aromatic heterocycles. The smallest absolute Gasteiger partial charge is 0.220 e. The van der Waals surface area contributed by atoms with E-state index in [9.17, 15) is 0 Å². The van der Waals surface area contributed by atoms with Gasteiger partial charge in [-0.15, -0.1) is 0 Å². The van der Waals surface area contributed by atoms with Crippen LogP contribution in [0.1, 0.15) is 31.0 Å². The van der Waals surface area contributed by atoms with Crippen LogP contribution in [0.3, 0.4) is 0 Å². The first kappa shape index (κ1) is 14.0. The third kappa shape index (κ3) is 2.59. The summed E-state index contributed by atoms with van der Waals surface area (Å²) in [5.41, 5.74) is 3.39. The van der Waals surface area contributed by atoms with Crippen molar-refractivity contribution in [1.82, 2.24) is 19.7 Å². The Balaban J connectivity index is 2.10. The third-order valence-electron chi connectivity index (χ3n) is 3.44. The Kier molecular flexibility index (Phi) is 3.67. The Morgan fingerprint density at radius 1 is 1.09 bits per heavy atom. The summed E-state index contributed by atoms with van der Waals surface area (Å²) in [4.78, 5) is 8.42. The summed E-state index contributed by atoms with van der Waals surface area (Å²) in [6, 6.07) is 13.8. The van der Waals surface area contributed by atoms with Gasteiger partial charge in [-0.1, -0.05) is 38.1 Å². The molecule has 0 radical (unpaired) electrons. The van der Waals surface area contributed by atoms with E-state index in [0.717, 1.165) is 11.3 Å². The lowest BCUT2D eigenvalue weighted by atomic mass is 10.0. The van der Waals surface area contributed by atoms with Crippen LogP contribution in [-0.2, 0) is 0 Å². The quantitative estimate of drug-likeness (QED) is 0.741. The molecule has 5 heteroatoms. The molecule has 5 nitrogen and oxygen atoms in total. The molecule has 0 aliphatic carbocycles. The normalized spacial score (nSPS) is 10.6. The summed E-state index contributed by atoms with van der Waals surface area (Å²) in [6.07, 6.45) is 3.31.